The molecule has 1 aliphatic rings. The van der Waals surface area contributed by atoms with E-state index in [1.54, 1.807) is 0 Å². The Kier molecular flexibility index (Phi) is 4.60. The first-order valence-corrected chi connectivity index (χ1v) is 7.06. The summed E-state index contributed by atoms with van der Waals surface area (Å²) in [7, 11) is 0. The average Bonchev–Trinajstić information content (AvgIpc) is 2.85. The van der Waals surface area contributed by atoms with E-state index < -0.39 is 0 Å². The molecule has 1 fully saturated rings. The summed E-state index contributed by atoms with van der Waals surface area (Å²) in [6, 6.07) is 1.23. The standard InChI is InChI=1S/C14H25N3/c1-3-5-12-6-7-13(16-4-2)14(10-12)17-9-8-15-11-17/h8-9,11-14,16H,3-7,10H2,1-2H3. The fourth-order valence-electron chi connectivity index (χ4n) is 3.20. The SMILES string of the molecule is CCCC1CCC(NCC)C(n2ccnc2)C1. The fourth-order valence-corrected chi connectivity index (χ4v) is 3.20. The molecule has 17 heavy (non-hydrogen) atoms. The molecule has 0 saturated heterocycles. The maximum atomic E-state index is 4.20. The highest BCUT2D eigenvalue weighted by atomic mass is 15.1. The van der Waals surface area contributed by atoms with Gasteiger partial charge in [0.15, 0.2) is 0 Å². The fraction of sp³-hybridized carbons (Fsp3) is 0.786. The lowest BCUT2D eigenvalue weighted by molar-refractivity contribution is 0.199. The van der Waals surface area contributed by atoms with Crippen molar-refractivity contribution in [2.24, 2.45) is 5.92 Å². The highest BCUT2D eigenvalue weighted by Gasteiger charge is 2.30. The van der Waals surface area contributed by atoms with Crippen molar-refractivity contribution in [2.45, 2.75) is 58.0 Å². The van der Waals surface area contributed by atoms with Crippen molar-refractivity contribution in [3.8, 4) is 0 Å². The summed E-state index contributed by atoms with van der Waals surface area (Å²) in [6.07, 6.45) is 12.7. The summed E-state index contributed by atoms with van der Waals surface area (Å²) in [6.45, 7) is 5.56. The lowest BCUT2D eigenvalue weighted by Crippen LogP contribution is -2.41. The molecule has 1 N–H and O–H groups in total. The molecule has 0 bridgehead atoms. The number of likely N-dealkylation sites (N-methyl/N-ethyl adjacent to an activating group) is 1. The number of rotatable bonds is 5. The van der Waals surface area contributed by atoms with Gasteiger partial charge in [0.1, 0.15) is 0 Å². The molecule has 3 atom stereocenters. The zero-order valence-corrected chi connectivity index (χ0v) is 11.1. The molecule has 1 aliphatic carbocycles. The van der Waals surface area contributed by atoms with Crippen LogP contribution in [0.25, 0.3) is 0 Å². The quantitative estimate of drug-likeness (QED) is 0.850. The lowest BCUT2D eigenvalue weighted by Gasteiger charge is -2.37. The molecule has 3 heteroatoms. The third kappa shape index (κ3) is 3.09. The van der Waals surface area contributed by atoms with Crippen LogP contribution in [0.5, 0.6) is 0 Å². The Balaban J connectivity index is 2.04. The monoisotopic (exact) mass is 235 g/mol. The molecule has 0 aliphatic heterocycles. The summed E-state index contributed by atoms with van der Waals surface area (Å²) in [5.74, 6) is 0.905. The highest BCUT2D eigenvalue weighted by molar-refractivity contribution is 4.92. The van der Waals surface area contributed by atoms with Gasteiger partial charge in [-0.2, -0.15) is 0 Å². The number of nitrogens with one attached hydrogen (secondary N) is 1. The minimum absolute atomic E-state index is 0.600. The predicted octanol–water partition coefficient (Wildman–Crippen LogP) is 3.00. The number of aromatic nitrogens is 2. The van der Waals surface area contributed by atoms with E-state index in [0.29, 0.717) is 12.1 Å². The molecule has 1 aromatic rings. The number of hydrogen-bond donors (Lipinski definition) is 1. The molecule has 1 saturated carbocycles. The van der Waals surface area contributed by atoms with Crippen molar-refractivity contribution in [1.29, 1.82) is 0 Å². The van der Waals surface area contributed by atoms with E-state index in [1.165, 1.54) is 32.1 Å². The second-order valence-electron chi connectivity index (χ2n) is 5.21. The summed E-state index contributed by atoms with van der Waals surface area (Å²) < 4.78 is 2.30. The maximum absolute atomic E-state index is 4.20. The Bertz CT molecular complexity index is 307. The van der Waals surface area contributed by atoms with Crippen LogP contribution >= 0.6 is 0 Å². The van der Waals surface area contributed by atoms with Gasteiger partial charge in [-0.15, -0.1) is 0 Å². The van der Waals surface area contributed by atoms with E-state index in [1.807, 2.05) is 12.5 Å². The Labute approximate surface area is 105 Å². The molecular formula is C14H25N3. The van der Waals surface area contributed by atoms with Crippen LogP contribution in [0.1, 0.15) is 52.0 Å². The van der Waals surface area contributed by atoms with E-state index in [9.17, 15) is 0 Å². The number of hydrogen-bond acceptors (Lipinski definition) is 2. The van der Waals surface area contributed by atoms with Gasteiger partial charge in [0, 0.05) is 18.4 Å². The van der Waals surface area contributed by atoms with Crippen LogP contribution in [0.4, 0.5) is 0 Å². The van der Waals surface area contributed by atoms with Gasteiger partial charge in [0.2, 0.25) is 0 Å². The van der Waals surface area contributed by atoms with Gasteiger partial charge in [0.25, 0.3) is 0 Å². The summed E-state index contributed by atoms with van der Waals surface area (Å²) in [5.41, 5.74) is 0. The molecule has 1 heterocycles. The first-order chi connectivity index (χ1) is 8.35. The van der Waals surface area contributed by atoms with E-state index >= 15 is 0 Å². The van der Waals surface area contributed by atoms with Crippen molar-refractivity contribution in [3.63, 3.8) is 0 Å². The molecule has 1 aromatic heterocycles. The van der Waals surface area contributed by atoms with Gasteiger partial charge in [-0.3, -0.25) is 0 Å². The van der Waals surface area contributed by atoms with Crippen molar-refractivity contribution in [2.75, 3.05) is 6.54 Å². The molecular weight excluding hydrogens is 210 g/mol. The maximum Gasteiger partial charge on any atom is 0.0949 e. The zero-order valence-electron chi connectivity index (χ0n) is 11.1. The van der Waals surface area contributed by atoms with Crippen LogP contribution in [0.3, 0.4) is 0 Å². The smallest absolute Gasteiger partial charge is 0.0949 e. The van der Waals surface area contributed by atoms with Gasteiger partial charge in [0.05, 0.1) is 12.4 Å². The van der Waals surface area contributed by atoms with Crippen LogP contribution in [-0.2, 0) is 0 Å². The lowest BCUT2D eigenvalue weighted by atomic mass is 9.80. The Morgan fingerprint density at radius 1 is 1.35 bits per heavy atom. The van der Waals surface area contributed by atoms with Crippen LogP contribution in [0.15, 0.2) is 18.7 Å². The molecule has 2 rings (SSSR count). The normalized spacial score (nSPS) is 29.4. The molecule has 96 valence electrons. The van der Waals surface area contributed by atoms with E-state index in [2.05, 4.69) is 34.9 Å². The zero-order chi connectivity index (χ0) is 12.1. The Morgan fingerprint density at radius 2 is 2.24 bits per heavy atom. The third-order valence-corrected chi connectivity index (χ3v) is 4.00. The minimum Gasteiger partial charge on any atom is -0.333 e. The van der Waals surface area contributed by atoms with Crippen LogP contribution in [0.2, 0.25) is 0 Å². The summed E-state index contributed by atoms with van der Waals surface area (Å²) >= 11 is 0. The molecule has 0 spiro atoms. The number of imidazole rings is 1. The summed E-state index contributed by atoms with van der Waals surface area (Å²) in [4.78, 5) is 4.20. The average molecular weight is 235 g/mol. The second-order valence-corrected chi connectivity index (χ2v) is 5.21. The molecule has 3 unspecified atom stereocenters. The molecule has 0 radical (unpaired) electrons. The second kappa shape index (κ2) is 6.20. The molecule has 0 aromatic carbocycles. The van der Waals surface area contributed by atoms with E-state index in [0.717, 1.165) is 12.5 Å². The largest absolute Gasteiger partial charge is 0.333 e. The van der Waals surface area contributed by atoms with E-state index in [4.69, 9.17) is 0 Å². The van der Waals surface area contributed by atoms with Crippen molar-refractivity contribution in [1.82, 2.24) is 14.9 Å². The van der Waals surface area contributed by atoms with Crippen LogP contribution < -0.4 is 5.32 Å². The highest BCUT2D eigenvalue weighted by Crippen LogP contribution is 2.35. The molecule has 0 amide bonds. The molecule has 3 nitrogen and oxygen atoms in total. The first-order valence-electron chi connectivity index (χ1n) is 7.06. The minimum atomic E-state index is 0.600. The third-order valence-electron chi connectivity index (χ3n) is 4.00. The van der Waals surface area contributed by atoms with Crippen molar-refractivity contribution >= 4 is 0 Å². The van der Waals surface area contributed by atoms with Crippen molar-refractivity contribution < 1.29 is 0 Å². The Hall–Kier alpha value is -0.830. The first kappa shape index (κ1) is 12.6. The van der Waals surface area contributed by atoms with Gasteiger partial charge in [-0.25, -0.2) is 4.98 Å². The van der Waals surface area contributed by atoms with Gasteiger partial charge < -0.3 is 9.88 Å². The van der Waals surface area contributed by atoms with Gasteiger partial charge in [-0.1, -0.05) is 26.7 Å². The van der Waals surface area contributed by atoms with Crippen LogP contribution in [-0.4, -0.2) is 22.1 Å². The van der Waals surface area contributed by atoms with Crippen LogP contribution in [0, 0.1) is 5.92 Å². The summed E-state index contributed by atoms with van der Waals surface area (Å²) in [5, 5.41) is 3.64. The van der Waals surface area contributed by atoms with Gasteiger partial charge in [-0.05, 0) is 31.7 Å². The topological polar surface area (TPSA) is 29.9 Å². The van der Waals surface area contributed by atoms with E-state index in [-0.39, 0.29) is 0 Å². The van der Waals surface area contributed by atoms with Gasteiger partial charge >= 0.3 is 0 Å². The Morgan fingerprint density at radius 3 is 2.88 bits per heavy atom. The number of nitrogens with zero attached hydrogens (tertiary/aromatic N) is 2. The van der Waals surface area contributed by atoms with Crippen molar-refractivity contribution in [3.05, 3.63) is 18.7 Å². The predicted molar refractivity (Wildman–Crippen MR) is 71.0 cm³/mol.